The number of anilines is 2. The topological polar surface area (TPSA) is 181 Å². The van der Waals surface area contributed by atoms with Crippen LogP contribution in [0.5, 0.6) is 0 Å². The predicted molar refractivity (Wildman–Crippen MR) is 269 cm³/mol. The van der Waals surface area contributed by atoms with Gasteiger partial charge in [-0.3, -0.25) is 9.59 Å². The molecule has 3 aliphatic rings. The summed E-state index contributed by atoms with van der Waals surface area (Å²) in [6.07, 6.45) is 3.87. The van der Waals surface area contributed by atoms with Crippen LogP contribution >= 0.6 is 0 Å². The average molecular weight is 981 g/mol. The van der Waals surface area contributed by atoms with Crippen LogP contribution in [0.3, 0.4) is 0 Å². The molecule has 5 aromatic rings. The SMILES string of the molecule is CCCCN(Cc1nc2ccc([C@H]3CCC(Cc4ccc5nc([C@@H]6CCCN6C(=O)[C@@H](NC(=O)OC)C(C)C)[nH]c5c4)N3c3cc(F)c(N4CC(C)(C)C4)c(F)c3)cc2[nH]1)C(=O)[C@@H](NC(=O)OC)C(C)C. The van der Waals surface area contributed by atoms with Crippen molar-refractivity contribution in [2.24, 2.45) is 17.3 Å². The Morgan fingerprint density at radius 2 is 1.48 bits per heavy atom. The summed E-state index contributed by atoms with van der Waals surface area (Å²) in [4.78, 5) is 76.4. The van der Waals surface area contributed by atoms with Gasteiger partial charge >= 0.3 is 12.2 Å². The Hall–Kier alpha value is -6.46. The van der Waals surface area contributed by atoms with E-state index in [0.717, 1.165) is 71.7 Å². The van der Waals surface area contributed by atoms with Crippen molar-refractivity contribution in [1.82, 2.24) is 40.4 Å². The van der Waals surface area contributed by atoms with Gasteiger partial charge < -0.3 is 49.7 Å². The van der Waals surface area contributed by atoms with Crippen molar-refractivity contribution in [2.45, 2.75) is 130 Å². The van der Waals surface area contributed by atoms with Crippen molar-refractivity contribution in [2.75, 3.05) is 50.2 Å². The molecule has 8 rings (SSSR count). The number of carbonyl (C=O) groups excluding carboxylic acids is 4. The van der Waals surface area contributed by atoms with Crippen LogP contribution in [0.4, 0.5) is 29.7 Å². The zero-order chi connectivity index (χ0) is 50.9. The van der Waals surface area contributed by atoms with Crippen LogP contribution in [0, 0.1) is 28.9 Å². The van der Waals surface area contributed by atoms with Gasteiger partial charge in [-0.2, -0.15) is 0 Å². The lowest BCUT2D eigenvalue weighted by molar-refractivity contribution is -0.136. The number of carbonyl (C=O) groups is 4. The van der Waals surface area contributed by atoms with Gasteiger partial charge in [0.15, 0.2) is 11.6 Å². The molecule has 3 fully saturated rings. The predicted octanol–water partition coefficient (Wildman–Crippen LogP) is 9.07. The van der Waals surface area contributed by atoms with Crippen molar-refractivity contribution >= 4 is 57.4 Å². The fourth-order valence-electron chi connectivity index (χ4n) is 10.8. The number of nitrogens with one attached hydrogen (secondary N) is 4. The Morgan fingerprint density at radius 3 is 2.13 bits per heavy atom. The molecule has 2 aromatic heterocycles. The van der Waals surface area contributed by atoms with Crippen LogP contribution in [0.25, 0.3) is 22.1 Å². The smallest absolute Gasteiger partial charge is 0.407 e. The van der Waals surface area contributed by atoms with E-state index in [2.05, 4.69) is 52.3 Å². The third kappa shape index (κ3) is 10.9. The number of imidazole rings is 2. The Balaban J connectivity index is 1.07. The summed E-state index contributed by atoms with van der Waals surface area (Å²) in [6.45, 7) is 16.1. The van der Waals surface area contributed by atoms with Crippen LogP contribution in [0.15, 0.2) is 48.5 Å². The lowest BCUT2D eigenvalue weighted by atomic mass is 9.84. The van der Waals surface area contributed by atoms with Gasteiger partial charge in [-0.15, -0.1) is 0 Å². The summed E-state index contributed by atoms with van der Waals surface area (Å²) in [5.41, 5.74) is 5.47. The first-order valence-corrected chi connectivity index (χ1v) is 25.2. The molecular formula is C53H70F2N10O6. The molecule has 0 spiro atoms. The molecule has 0 radical (unpaired) electrons. The maximum atomic E-state index is 16.3. The summed E-state index contributed by atoms with van der Waals surface area (Å²) >= 11 is 0. The van der Waals surface area contributed by atoms with Crippen LogP contribution in [-0.2, 0) is 32.0 Å². The van der Waals surface area contributed by atoms with Gasteiger partial charge in [0, 0.05) is 37.9 Å². The van der Waals surface area contributed by atoms with Crippen molar-refractivity contribution < 1.29 is 37.4 Å². The maximum absolute atomic E-state index is 16.3. The number of halogens is 2. The second-order valence-corrected chi connectivity index (χ2v) is 21.1. The second kappa shape index (κ2) is 21.1. The highest BCUT2D eigenvalue weighted by Gasteiger charge is 2.41. The fourth-order valence-corrected chi connectivity index (χ4v) is 10.8. The normalized spacial score (nSPS) is 19.6. The number of amides is 4. The third-order valence-electron chi connectivity index (χ3n) is 14.4. The number of alkyl carbamates (subject to hydrolysis) is 2. The summed E-state index contributed by atoms with van der Waals surface area (Å²) in [7, 11) is 2.55. The molecule has 1 unspecified atom stereocenters. The van der Waals surface area contributed by atoms with Crippen LogP contribution in [0.2, 0.25) is 0 Å². The summed E-state index contributed by atoms with van der Waals surface area (Å²) in [5, 5.41) is 5.41. The molecule has 71 heavy (non-hydrogen) atoms. The number of rotatable bonds is 17. The molecule has 5 heterocycles. The molecular weight excluding hydrogens is 911 g/mol. The standard InChI is InChI=1S/C53H70F2N10O6/c1-10-11-20-62(49(66)45(30(2)3)60-51(68)70-8)27-44-56-38-18-15-33(24-41(38)57-44)42-19-16-34(65(42)35-25-36(54)47(37(55)26-35)63-28-53(6,7)29-63)22-32-14-17-39-40(23-32)59-48(58-39)43-13-12-21-64(43)50(67)46(31(4)5)61-52(69)71-9/h14-15,17-18,23-26,30-31,34,42-43,45-46H,10-13,16,19-22,27-29H2,1-9H3,(H,56,57)(H,58,59)(H,60,68)(H,61,69)/t34?,42-,43+,45+,46+/m1/s1. The summed E-state index contributed by atoms with van der Waals surface area (Å²) in [6, 6.07) is 12.9. The molecule has 4 N–H and O–H groups in total. The van der Waals surface area contributed by atoms with Gasteiger partial charge in [0.05, 0.1) is 54.9 Å². The van der Waals surface area contributed by atoms with Crippen LogP contribution in [-0.4, -0.2) is 112 Å². The molecule has 0 saturated carbocycles. The first-order chi connectivity index (χ1) is 33.9. The minimum atomic E-state index is -0.779. The number of H-pyrrole nitrogens is 2. The number of aromatic amines is 2. The average Bonchev–Trinajstić information content (AvgIpc) is 4.15. The zero-order valence-corrected chi connectivity index (χ0v) is 42.5. The number of hydrogen-bond donors (Lipinski definition) is 4. The molecule has 18 heteroatoms. The van der Waals surface area contributed by atoms with Crippen molar-refractivity contribution in [3.05, 3.63) is 82.9 Å². The van der Waals surface area contributed by atoms with Crippen LogP contribution < -0.4 is 20.4 Å². The quantitative estimate of drug-likeness (QED) is 0.0702. The van der Waals surface area contributed by atoms with Gasteiger partial charge in [0.2, 0.25) is 11.8 Å². The van der Waals surface area contributed by atoms with E-state index in [1.54, 1.807) is 14.7 Å². The van der Waals surface area contributed by atoms with Gasteiger partial charge in [-0.05, 0) is 103 Å². The largest absolute Gasteiger partial charge is 0.453 e. The molecule has 0 aliphatic carbocycles. The van der Waals surface area contributed by atoms with Crippen molar-refractivity contribution in [1.29, 1.82) is 0 Å². The summed E-state index contributed by atoms with van der Waals surface area (Å²) < 4.78 is 42.2. The first kappa shape index (κ1) is 50.9. The number of ether oxygens (including phenoxy) is 2. The highest BCUT2D eigenvalue weighted by Crippen LogP contribution is 2.45. The highest BCUT2D eigenvalue weighted by molar-refractivity contribution is 5.87. The monoisotopic (exact) mass is 981 g/mol. The minimum Gasteiger partial charge on any atom is -0.453 e. The highest BCUT2D eigenvalue weighted by atomic mass is 19.1. The van der Waals surface area contributed by atoms with E-state index < -0.39 is 35.9 Å². The van der Waals surface area contributed by atoms with Gasteiger partial charge in [0.1, 0.15) is 29.4 Å². The second-order valence-electron chi connectivity index (χ2n) is 21.1. The Labute approximate surface area is 414 Å². The molecule has 5 atom stereocenters. The van der Waals surface area contributed by atoms with Gasteiger partial charge in [-0.25, -0.2) is 28.3 Å². The first-order valence-electron chi connectivity index (χ1n) is 25.2. The molecule has 0 bridgehead atoms. The van der Waals surface area contributed by atoms with Gasteiger partial charge in [0.25, 0.3) is 0 Å². The number of aromatic nitrogens is 4. The van der Waals surface area contributed by atoms with Crippen LogP contribution in [0.1, 0.15) is 122 Å². The molecule has 4 amide bonds. The van der Waals surface area contributed by atoms with E-state index in [1.807, 2.05) is 58.0 Å². The van der Waals surface area contributed by atoms with E-state index >= 15 is 8.78 Å². The number of methoxy groups -OCH3 is 2. The Bertz CT molecular complexity index is 2720. The molecule has 3 aromatic carbocycles. The lowest BCUT2D eigenvalue weighted by Crippen LogP contribution is -2.53. The molecule has 3 saturated heterocycles. The number of likely N-dealkylation sites (tertiary alicyclic amines) is 1. The van der Waals surface area contributed by atoms with E-state index in [4.69, 9.17) is 19.4 Å². The summed E-state index contributed by atoms with van der Waals surface area (Å²) in [5.74, 6) is -0.658. The Morgan fingerprint density at radius 1 is 0.831 bits per heavy atom. The number of unbranched alkanes of at least 4 members (excludes halogenated alkanes) is 1. The lowest BCUT2D eigenvalue weighted by Gasteiger charge is -2.47. The minimum absolute atomic E-state index is 0.00141. The van der Waals surface area contributed by atoms with Crippen molar-refractivity contribution in [3.63, 3.8) is 0 Å². The molecule has 3 aliphatic heterocycles. The Kier molecular flexibility index (Phi) is 15.1. The zero-order valence-electron chi connectivity index (χ0n) is 42.5. The molecule has 16 nitrogen and oxygen atoms in total. The number of fused-ring (bicyclic) bond motifs is 2. The van der Waals surface area contributed by atoms with Gasteiger partial charge in [-0.1, -0.05) is 67.0 Å². The van der Waals surface area contributed by atoms with E-state index in [9.17, 15) is 19.2 Å². The fraction of sp³-hybridized carbons (Fsp3) is 0.547. The number of hydrogen-bond acceptors (Lipinski definition) is 10. The maximum Gasteiger partial charge on any atom is 0.407 e. The third-order valence-corrected chi connectivity index (χ3v) is 14.4. The van der Waals surface area contributed by atoms with E-state index in [1.165, 1.54) is 26.4 Å². The van der Waals surface area contributed by atoms with E-state index in [0.29, 0.717) is 49.9 Å². The number of benzene rings is 3. The van der Waals surface area contributed by atoms with E-state index in [-0.39, 0.29) is 59.4 Å². The molecule has 382 valence electrons. The number of nitrogens with zero attached hydrogens (tertiary/aromatic N) is 6. The van der Waals surface area contributed by atoms with Crippen molar-refractivity contribution in [3.8, 4) is 0 Å².